The molecule has 0 radical (unpaired) electrons. The fourth-order valence-corrected chi connectivity index (χ4v) is 6.20. The summed E-state index contributed by atoms with van der Waals surface area (Å²) in [7, 11) is -0.745. The lowest BCUT2D eigenvalue weighted by Gasteiger charge is -2.38. The summed E-state index contributed by atoms with van der Waals surface area (Å²) in [5, 5.41) is 10.3. The molecule has 2 aliphatic heterocycles. The highest BCUT2D eigenvalue weighted by Crippen LogP contribution is 2.37. The quantitative estimate of drug-likeness (QED) is 0.400. The van der Waals surface area contributed by atoms with Crippen molar-refractivity contribution in [2.24, 2.45) is 5.92 Å². The molecule has 2 aromatic rings. The molecule has 216 valence electrons. The second kappa shape index (κ2) is 12.4. The van der Waals surface area contributed by atoms with Gasteiger partial charge in [0.1, 0.15) is 17.5 Å². The zero-order valence-electron chi connectivity index (χ0n) is 23.5. The van der Waals surface area contributed by atoms with Crippen molar-refractivity contribution < 1.29 is 32.5 Å². The van der Waals surface area contributed by atoms with Crippen LogP contribution in [0.4, 0.5) is 5.69 Å². The van der Waals surface area contributed by atoms with Crippen LogP contribution in [-0.4, -0.2) is 81.3 Å². The van der Waals surface area contributed by atoms with Crippen molar-refractivity contribution in [3.05, 3.63) is 35.5 Å². The summed E-state index contributed by atoms with van der Waals surface area (Å²) in [6.07, 6.45) is 3.54. The number of hydrogen-bond acceptors (Lipinski definition) is 9. The van der Waals surface area contributed by atoms with Crippen LogP contribution in [0.5, 0.6) is 11.6 Å². The predicted molar refractivity (Wildman–Crippen MR) is 150 cm³/mol. The summed E-state index contributed by atoms with van der Waals surface area (Å²) in [5.74, 6) is 1.08. The highest BCUT2D eigenvalue weighted by molar-refractivity contribution is 7.92. The molecule has 3 heterocycles. The van der Waals surface area contributed by atoms with Gasteiger partial charge in [0.25, 0.3) is 0 Å². The normalized spacial score (nSPS) is 17.6. The Morgan fingerprint density at radius 2 is 1.92 bits per heavy atom. The molecule has 4 rings (SSSR count). The van der Waals surface area contributed by atoms with E-state index < -0.39 is 15.6 Å². The predicted octanol–water partition coefficient (Wildman–Crippen LogP) is 3.43. The Labute approximate surface area is 231 Å². The number of aliphatic hydroxyl groups is 1. The lowest BCUT2D eigenvalue weighted by molar-refractivity contribution is -0.0163. The van der Waals surface area contributed by atoms with Crippen molar-refractivity contribution in [1.29, 1.82) is 0 Å². The second-order valence-corrected chi connectivity index (χ2v) is 12.8. The van der Waals surface area contributed by atoms with Crippen LogP contribution < -0.4 is 14.2 Å². The molecule has 2 N–H and O–H groups in total. The molecule has 11 heteroatoms. The average molecular weight is 564 g/mol. The first-order valence-corrected chi connectivity index (χ1v) is 15.0. The third kappa shape index (κ3) is 7.61. The Morgan fingerprint density at radius 3 is 2.59 bits per heavy atom. The number of rotatable bonds is 12. The van der Waals surface area contributed by atoms with Gasteiger partial charge in [-0.3, -0.25) is 9.62 Å². The van der Waals surface area contributed by atoms with E-state index in [4.69, 9.17) is 18.9 Å². The molecule has 0 unspecified atom stereocenters. The maximum Gasteiger partial charge on any atom is 0.238 e. The second-order valence-electron chi connectivity index (χ2n) is 11.0. The standard InChI is InChI=1S/C28H41N3O7S/c1-19(16-31-8-6-23(7-9-31)28(2,3)32)38-26-14-20(12-22-17-37-18-24(22)26)21-13-25(27(36-5)29-15-21)30-39(33,34)11-10-35-4/h12-15,19,23,30,32H,6-11,16-18H2,1-5H3/t19-/m0/s1. The number of nitrogens with one attached hydrogen (secondary N) is 1. The maximum absolute atomic E-state index is 12.5. The molecule has 2 aliphatic rings. The van der Waals surface area contributed by atoms with Gasteiger partial charge in [-0.15, -0.1) is 0 Å². The summed E-state index contributed by atoms with van der Waals surface area (Å²) < 4.78 is 50.0. The molecule has 0 saturated carbocycles. The summed E-state index contributed by atoms with van der Waals surface area (Å²) in [4.78, 5) is 6.74. The van der Waals surface area contributed by atoms with Gasteiger partial charge in [-0.2, -0.15) is 0 Å². The fraction of sp³-hybridized carbons (Fsp3) is 0.607. The minimum absolute atomic E-state index is 0.0548. The molecule has 1 fully saturated rings. The van der Waals surface area contributed by atoms with Crippen LogP contribution in [0.25, 0.3) is 11.1 Å². The van der Waals surface area contributed by atoms with E-state index in [9.17, 15) is 13.5 Å². The van der Waals surface area contributed by atoms with Gasteiger partial charge in [-0.25, -0.2) is 13.4 Å². The van der Waals surface area contributed by atoms with Crippen LogP contribution in [-0.2, 0) is 32.7 Å². The number of benzene rings is 1. The molecule has 1 atom stereocenters. The number of aromatic nitrogens is 1. The largest absolute Gasteiger partial charge is 0.489 e. The lowest BCUT2D eigenvalue weighted by Crippen LogP contribution is -2.44. The van der Waals surface area contributed by atoms with Gasteiger partial charge in [0.15, 0.2) is 0 Å². The zero-order chi connectivity index (χ0) is 28.2. The number of anilines is 1. The van der Waals surface area contributed by atoms with E-state index in [2.05, 4.69) is 21.5 Å². The number of pyridine rings is 1. The number of ether oxygens (including phenoxy) is 4. The van der Waals surface area contributed by atoms with Crippen molar-refractivity contribution in [3.63, 3.8) is 0 Å². The number of methoxy groups -OCH3 is 2. The van der Waals surface area contributed by atoms with Crippen LogP contribution >= 0.6 is 0 Å². The van der Waals surface area contributed by atoms with Gasteiger partial charge in [-0.05, 0) is 81.9 Å². The van der Waals surface area contributed by atoms with Gasteiger partial charge in [-0.1, -0.05) is 0 Å². The van der Waals surface area contributed by atoms with E-state index in [1.54, 1.807) is 12.3 Å². The van der Waals surface area contributed by atoms with E-state index in [0.29, 0.717) is 19.1 Å². The molecule has 10 nitrogen and oxygen atoms in total. The first-order chi connectivity index (χ1) is 18.5. The Morgan fingerprint density at radius 1 is 1.18 bits per heavy atom. The molecular formula is C28H41N3O7S. The Hall–Kier alpha value is -2.44. The van der Waals surface area contributed by atoms with Gasteiger partial charge in [0.05, 0.1) is 38.3 Å². The smallest absolute Gasteiger partial charge is 0.238 e. The first kappa shape index (κ1) is 29.5. The van der Waals surface area contributed by atoms with Crippen LogP contribution in [0.3, 0.4) is 0 Å². The summed E-state index contributed by atoms with van der Waals surface area (Å²) in [6, 6.07) is 5.72. The Bertz CT molecular complexity index is 1240. The molecule has 0 spiro atoms. The number of hydrogen-bond donors (Lipinski definition) is 2. The van der Waals surface area contributed by atoms with Gasteiger partial charge in [0, 0.05) is 31.0 Å². The topological polar surface area (TPSA) is 119 Å². The molecule has 0 aliphatic carbocycles. The first-order valence-electron chi connectivity index (χ1n) is 13.4. The van der Waals surface area contributed by atoms with E-state index in [-0.39, 0.29) is 30.0 Å². The number of sulfonamides is 1. The van der Waals surface area contributed by atoms with E-state index in [0.717, 1.165) is 60.5 Å². The number of piperidine rings is 1. The van der Waals surface area contributed by atoms with E-state index in [1.165, 1.54) is 14.2 Å². The lowest BCUT2D eigenvalue weighted by atomic mass is 9.83. The molecule has 39 heavy (non-hydrogen) atoms. The Balaban J connectivity index is 1.52. The van der Waals surface area contributed by atoms with Crippen LogP contribution in [0, 0.1) is 5.92 Å². The number of likely N-dealkylation sites (tertiary alicyclic amines) is 1. The Kier molecular flexibility index (Phi) is 9.38. The molecule has 1 aromatic heterocycles. The third-order valence-electron chi connectivity index (χ3n) is 7.43. The molecule has 0 bridgehead atoms. The minimum atomic E-state index is -3.65. The van der Waals surface area contributed by atoms with Crippen LogP contribution in [0.15, 0.2) is 24.4 Å². The SMILES string of the molecule is COCCS(=O)(=O)Nc1cc(-c2cc3c(c(O[C@@H](C)CN4CCC(C(C)(C)O)CC4)c2)COC3)cnc1OC. The van der Waals surface area contributed by atoms with Gasteiger partial charge >= 0.3 is 0 Å². The van der Waals surface area contributed by atoms with Crippen molar-refractivity contribution in [2.75, 3.05) is 50.9 Å². The summed E-state index contributed by atoms with van der Waals surface area (Å²) in [6.45, 7) is 9.56. The van der Waals surface area contributed by atoms with Crippen molar-refractivity contribution in [3.8, 4) is 22.8 Å². The fourth-order valence-electron chi connectivity index (χ4n) is 5.23. The van der Waals surface area contributed by atoms with Crippen molar-refractivity contribution in [1.82, 2.24) is 9.88 Å². The van der Waals surface area contributed by atoms with Crippen molar-refractivity contribution in [2.45, 2.75) is 58.5 Å². The summed E-state index contributed by atoms with van der Waals surface area (Å²) in [5.41, 5.74) is 3.26. The highest BCUT2D eigenvalue weighted by Gasteiger charge is 2.31. The monoisotopic (exact) mass is 563 g/mol. The van der Waals surface area contributed by atoms with Gasteiger partial charge < -0.3 is 24.1 Å². The summed E-state index contributed by atoms with van der Waals surface area (Å²) >= 11 is 0. The van der Waals surface area contributed by atoms with Gasteiger partial charge in [0.2, 0.25) is 15.9 Å². The molecule has 1 aromatic carbocycles. The molecular weight excluding hydrogens is 522 g/mol. The zero-order valence-corrected chi connectivity index (χ0v) is 24.3. The number of nitrogens with zero attached hydrogens (tertiary/aromatic N) is 2. The highest BCUT2D eigenvalue weighted by atomic mass is 32.2. The third-order valence-corrected chi connectivity index (χ3v) is 8.67. The number of fused-ring (bicyclic) bond motifs is 1. The average Bonchev–Trinajstić information content (AvgIpc) is 3.36. The van der Waals surface area contributed by atoms with Crippen LogP contribution in [0.2, 0.25) is 0 Å². The van der Waals surface area contributed by atoms with E-state index in [1.807, 2.05) is 26.0 Å². The van der Waals surface area contributed by atoms with Crippen LogP contribution in [0.1, 0.15) is 44.7 Å². The van der Waals surface area contributed by atoms with E-state index >= 15 is 0 Å². The minimum Gasteiger partial charge on any atom is -0.489 e. The maximum atomic E-state index is 12.5. The molecule has 1 saturated heterocycles. The van der Waals surface area contributed by atoms with Crippen molar-refractivity contribution >= 4 is 15.7 Å². The molecule has 0 amide bonds.